The first-order valence-corrected chi connectivity index (χ1v) is 26.9. The Hall–Kier alpha value is -6.27. The Labute approximate surface area is 456 Å². The molecule has 0 spiro atoms. The van der Waals surface area contributed by atoms with Crippen LogP contribution >= 0.6 is 11.8 Å². The van der Waals surface area contributed by atoms with Gasteiger partial charge in [0.25, 0.3) is 0 Å². The third kappa shape index (κ3) is 12.8. The molecule has 2 fully saturated rings. The quantitative estimate of drug-likeness (QED) is 0.0438. The van der Waals surface area contributed by atoms with E-state index in [4.69, 9.17) is 35.1 Å². The molecule has 0 amide bonds. The number of aliphatic imine (C=N–C) groups is 1. The first kappa shape index (κ1) is 57.9. The van der Waals surface area contributed by atoms with Crippen LogP contribution in [0.2, 0.25) is 0 Å². The van der Waals surface area contributed by atoms with Crippen molar-refractivity contribution in [3.63, 3.8) is 0 Å². The number of rotatable bonds is 12. The maximum absolute atomic E-state index is 13.3. The maximum atomic E-state index is 13.3. The third-order valence-corrected chi connectivity index (χ3v) is 15.6. The summed E-state index contributed by atoms with van der Waals surface area (Å²) in [5.74, 6) is -2.36. The number of nitrogens with two attached hydrogens (primary N) is 1. The second-order valence-corrected chi connectivity index (χ2v) is 21.4. The summed E-state index contributed by atoms with van der Waals surface area (Å²) in [5.41, 5.74) is 6.23. The van der Waals surface area contributed by atoms with Gasteiger partial charge in [-0.15, -0.1) is 0 Å². The standard InChI is InChI=1S/C26H27NO9.C21H25N3O2S.C11H17NO3/c1-10-21(29)15(27)7-17(35-10)36-16-9-26(34,11(2)28)8-14-18(16)25(33)20-19(24(14)32)22(30)12-5-3-4-6-13(12)23(20)31;25-14-16-26-15-13-23-9-11-24(12-10-23)21-17-5-1-3-7-19(17)27-20-8-4-2-6-18(20)22-21;1-7(2)12-6-11(15)8-3-4-9(13)10(14)5-8/h3-6,10,15-17,21,29,32-34H,7-9,27H2,1-2H3;1-8,25H,9-16H2;3-5,7,11-15H,6H2,1-2H3/t10-,15-,16-,17-,21+,26-;;/m0../s1. The van der Waals surface area contributed by atoms with Crippen molar-refractivity contribution in [3.8, 4) is 23.0 Å². The second-order valence-electron chi connectivity index (χ2n) is 20.3. The van der Waals surface area contributed by atoms with Gasteiger partial charge in [-0.05, 0) is 49.7 Å². The highest BCUT2D eigenvalue weighted by molar-refractivity contribution is 7.99. The molecule has 416 valence electrons. The lowest BCUT2D eigenvalue weighted by atomic mass is 9.72. The summed E-state index contributed by atoms with van der Waals surface area (Å²) in [7, 11) is 0. The number of amidine groups is 1. The molecule has 11 N–H and O–H groups in total. The van der Waals surface area contributed by atoms with Crippen molar-refractivity contribution >= 4 is 40.6 Å². The largest absolute Gasteiger partial charge is 0.507 e. The lowest BCUT2D eigenvalue weighted by Crippen LogP contribution is -2.52. The topological polar surface area (TPSA) is 298 Å². The van der Waals surface area contributed by atoms with Gasteiger partial charge in [-0.2, -0.15) is 0 Å². The van der Waals surface area contributed by atoms with Crippen LogP contribution in [0.1, 0.15) is 107 Å². The van der Waals surface area contributed by atoms with Gasteiger partial charge in [0.2, 0.25) is 0 Å². The van der Waals surface area contributed by atoms with Crippen LogP contribution < -0.4 is 11.1 Å². The van der Waals surface area contributed by atoms with Crippen LogP contribution in [0.25, 0.3) is 0 Å². The van der Waals surface area contributed by atoms with Gasteiger partial charge in [0, 0.05) is 108 Å². The molecule has 0 bridgehead atoms. The van der Waals surface area contributed by atoms with E-state index in [-0.39, 0.29) is 64.3 Å². The Bertz CT molecular complexity index is 3010. The van der Waals surface area contributed by atoms with Crippen molar-refractivity contribution in [3.05, 3.63) is 136 Å². The highest BCUT2D eigenvalue weighted by atomic mass is 32.2. The second kappa shape index (κ2) is 25.2. The van der Waals surface area contributed by atoms with Gasteiger partial charge in [-0.1, -0.05) is 86.3 Å². The summed E-state index contributed by atoms with van der Waals surface area (Å²) < 4.78 is 17.2. The molecule has 10 rings (SSSR count). The van der Waals surface area contributed by atoms with E-state index in [9.17, 15) is 45.0 Å². The summed E-state index contributed by atoms with van der Waals surface area (Å²) in [4.78, 5) is 51.4. The van der Waals surface area contributed by atoms with Crippen molar-refractivity contribution in [2.45, 2.75) is 105 Å². The van der Waals surface area contributed by atoms with E-state index >= 15 is 0 Å². The summed E-state index contributed by atoms with van der Waals surface area (Å²) in [6.45, 7) is 13.2. The maximum Gasteiger partial charge on any atom is 0.198 e. The number of phenols is 4. The lowest BCUT2D eigenvalue weighted by Gasteiger charge is -2.42. The fraction of sp³-hybridized carbons (Fsp3) is 0.414. The van der Waals surface area contributed by atoms with Gasteiger partial charge < -0.3 is 71.0 Å². The minimum atomic E-state index is -1.97. The molecule has 0 radical (unpaired) electrons. The fourth-order valence-corrected chi connectivity index (χ4v) is 11.1. The molecule has 3 heterocycles. The molecule has 3 aliphatic heterocycles. The number of piperazine rings is 1. The van der Waals surface area contributed by atoms with Gasteiger partial charge in [-0.25, -0.2) is 4.99 Å². The molecule has 1 unspecified atom stereocenters. The molecule has 7 atom stereocenters. The van der Waals surface area contributed by atoms with Gasteiger partial charge >= 0.3 is 0 Å². The molecule has 5 aliphatic rings. The summed E-state index contributed by atoms with van der Waals surface area (Å²) in [5, 5.41) is 83.8. The number of hydrogen-bond donors (Lipinski definition) is 10. The number of carbonyl (C=O) groups excluding carboxylic acids is 3. The minimum Gasteiger partial charge on any atom is -0.507 e. The van der Waals surface area contributed by atoms with Crippen LogP contribution in [-0.4, -0.2) is 169 Å². The van der Waals surface area contributed by atoms with Crippen LogP contribution in [0.5, 0.6) is 23.0 Å². The predicted molar refractivity (Wildman–Crippen MR) is 291 cm³/mol. The Kier molecular flexibility index (Phi) is 18.7. The predicted octanol–water partition coefficient (Wildman–Crippen LogP) is 5.01. The van der Waals surface area contributed by atoms with Crippen molar-refractivity contribution in [2.24, 2.45) is 10.7 Å². The number of aromatic hydroxyl groups is 4. The van der Waals surface area contributed by atoms with E-state index in [1.807, 2.05) is 13.8 Å². The van der Waals surface area contributed by atoms with Crippen molar-refractivity contribution < 1.29 is 69.4 Å². The SMILES string of the molecule is CC(=O)[C@]1(O)Cc2c(O)c3c(c(O)c2[C@@H](O[C@H]2C[C@H](N)[C@H](O)[C@H](C)O2)C1)C(=O)c1ccccc1C3=O.CC(C)NCC(O)c1ccc(O)c(O)c1.OCCOCCN1CCN(C2=Nc3ccccc3Sc3ccccc32)CC1. The van der Waals surface area contributed by atoms with E-state index < -0.39 is 77.6 Å². The molecule has 5 aromatic carbocycles. The molecule has 0 saturated carbocycles. The van der Waals surface area contributed by atoms with Crippen molar-refractivity contribution in [1.29, 1.82) is 0 Å². The van der Waals surface area contributed by atoms with Crippen molar-refractivity contribution in [1.82, 2.24) is 15.1 Å². The number of aliphatic hydroxyl groups is 4. The fourth-order valence-electron chi connectivity index (χ4n) is 10.1. The van der Waals surface area contributed by atoms with Crippen LogP contribution in [0.4, 0.5) is 5.69 Å². The van der Waals surface area contributed by atoms with Gasteiger partial charge in [-0.3, -0.25) is 19.3 Å². The molecular weight excluding hydrogens is 1020 g/mol. The number of phenolic OH excluding ortho intramolecular Hbond substituents is 4. The smallest absolute Gasteiger partial charge is 0.198 e. The average molecular weight is 1090 g/mol. The number of benzene rings is 5. The van der Waals surface area contributed by atoms with Crippen LogP contribution in [0.3, 0.4) is 0 Å². The summed E-state index contributed by atoms with van der Waals surface area (Å²) >= 11 is 1.80. The number of nitrogens with one attached hydrogen (secondary N) is 1. The van der Waals surface area contributed by atoms with E-state index in [0.29, 0.717) is 31.4 Å². The molecule has 2 saturated heterocycles. The number of nitrogens with zero attached hydrogens (tertiary/aromatic N) is 3. The molecule has 19 nitrogen and oxygen atoms in total. The highest BCUT2D eigenvalue weighted by Crippen LogP contribution is 2.52. The lowest BCUT2D eigenvalue weighted by molar-refractivity contribution is -0.247. The first-order valence-electron chi connectivity index (χ1n) is 26.1. The number of fused-ring (bicyclic) bond motifs is 5. The van der Waals surface area contributed by atoms with Crippen LogP contribution in [0.15, 0.2) is 106 Å². The molecule has 0 aromatic heterocycles. The van der Waals surface area contributed by atoms with Gasteiger partial charge in [0.1, 0.15) is 22.9 Å². The summed E-state index contributed by atoms with van der Waals surface area (Å²) in [6, 6.07) is 27.0. The number of ether oxygens (including phenoxy) is 3. The average Bonchev–Trinajstić information content (AvgIpc) is 3.78. The number of aliphatic hydroxyl groups excluding tert-OH is 3. The molecule has 20 heteroatoms. The Morgan fingerprint density at radius 2 is 1.50 bits per heavy atom. The number of carbonyl (C=O) groups is 3. The molecule has 2 aliphatic carbocycles. The number of hydrogen-bond acceptors (Lipinski definition) is 20. The zero-order chi connectivity index (χ0) is 56.0. The van der Waals surface area contributed by atoms with E-state index in [1.54, 1.807) is 36.9 Å². The zero-order valence-corrected chi connectivity index (χ0v) is 44.9. The number of ketones is 3. The van der Waals surface area contributed by atoms with E-state index in [0.717, 1.165) is 44.2 Å². The molecule has 78 heavy (non-hydrogen) atoms. The Morgan fingerprint density at radius 3 is 2.13 bits per heavy atom. The Balaban J connectivity index is 0.000000168. The normalized spacial score (nSPS) is 22.9. The van der Waals surface area contributed by atoms with Gasteiger partial charge in [0.15, 0.2) is 35.1 Å². The Morgan fingerprint density at radius 1 is 0.872 bits per heavy atom. The third-order valence-electron chi connectivity index (χ3n) is 14.5. The van der Waals surface area contributed by atoms with Crippen LogP contribution in [-0.2, 0) is 25.4 Å². The van der Waals surface area contributed by atoms with Gasteiger partial charge in [0.05, 0.1) is 61.1 Å². The van der Waals surface area contributed by atoms with Crippen molar-refractivity contribution in [2.75, 3.05) is 59.1 Å². The van der Waals surface area contributed by atoms with E-state index in [2.05, 4.69) is 63.6 Å². The number of para-hydroxylation sites is 1. The first-order chi connectivity index (χ1) is 37.3. The van der Waals surface area contributed by atoms with E-state index in [1.165, 1.54) is 46.5 Å². The van der Waals surface area contributed by atoms with Crippen LogP contribution in [0, 0.1) is 0 Å². The number of Topliss-reactive ketones (excluding diaryl/α,β-unsaturated/α-hetero) is 1. The minimum absolute atomic E-state index is 0.00588. The zero-order valence-electron chi connectivity index (χ0n) is 44.0. The molecule has 5 aromatic rings. The monoisotopic (exact) mass is 1090 g/mol. The summed E-state index contributed by atoms with van der Waals surface area (Å²) in [6.07, 6.45) is -5.06. The highest BCUT2D eigenvalue weighted by Gasteiger charge is 2.49. The molecular formula is C58H69N5O14S.